The standard InChI is InChI=1S/C23H40O8/c1-6-7-8-9-10-11-12-13-14-15-16-22(20(25)28-4)23(21(26)29-5,31-18(2)24)19(27-3)17-30-22/h19H,6-17H2,1-5H3/t19-,22+,23-/m1/s1. The molecule has 0 bridgehead atoms. The lowest BCUT2D eigenvalue weighted by Crippen LogP contribution is -2.68. The zero-order valence-corrected chi connectivity index (χ0v) is 19.8. The van der Waals surface area contributed by atoms with E-state index in [2.05, 4.69) is 6.92 Å². The highest BCUT2D eigenvalue weighted by Crippen LogP contribution is 2.46. The van der Waals surface area contributed by atoms with E-state index >= 15 is 0 Å². The summed E-state index contributed by atoms with van der Waals surface area (Å²) in [5.41, 5.74) is -3.88. The number of hydrogen-bond acceptors (Lipinski definition) is 8. The van der Waals surface area contributed by atoms with Crippen LogP contribution in [0, 0.1) is 0 Å². The first kappa shape index (κ1) is 27.4. The highest BCUT2D eigenvalue weighted by Gasteiger charge is 2.74. The van der Waals surface area contributed by atoms with Gasteiger partial charge >= 0.3 is 17.9 Å². The van der Waals surface area contributed by atoms with Crippen molar-refractivity contribution in [2.75, 3.05) is 27.9 Å². The molecule has 0 spiro atoms. The number of ether oxygens (including phenoxy) is 5. The molecule has 0 aromatic heterocycles. The maximum absolute atomic E-state index is 12.9. The number of carbonyl (C=O) groups excluding carboxylic acids is 3. The molecule has 0 aromatic carbocycles. The first-order chi connectivity index (χ1) is 14.9. The maximum atomic E-state index is 12.9. The molecule has 8 nitrogen and oxygen atoms in total. The van der Waals surface area contributed by atoms with E-state index in [0.717, 1.165) is 26.2 Å². The summed E-state index contributed by atoms with van der Waals surface area (Å²) in [7, 11) is 3.74. The van der Waals surface area contributed by atoms with E-state index in [1.165, 1.54) is 59.9 Å². The van der Waals surface area contributed by atoms with Gasteiger partial charge in [-0.3, -0.25) is 4.79 Å². The molecular formula is C23H40O8. The van der Waals surface area contributed by atoms with Crippen LogP contribution >= 0.6 is 0 Å². The molecule has 1 aliphatic rings. The Hall–Kier alpha value is -1.67. The van der Waals surface area contributed by atoms with Gasteiger partial charge in [0.1, 0.15) is 6.10 Å². The number of hydrogen-bond donors (Lipinski definition) is 0. The largest absolute Gasteiger partial charge is 0.467 e. The SMILES string of the molecule is CCCCCCCCCCCC[C@@]1(C(=O)OC)OC[C@@H](OC)[C@@]1(OC(C)=O)C(=O)OC. The molecule has 1 fully saturated rings. The summed E-state index contributed by atoms with van der Waals surface area (Å²) in [6.45, 7) is 3.27. The molecule has 1 saturated heterocycles. The van der Waals surface area contributed by atoms with Gasteiger partial charge in [-0.15, -0.1) is 0 Å². The Bertz CT molecular complexity index is 578. The van der Waals surface area contributed by atoms with Gasteiger partial charge in [0, 0.05) is 14.0 Å². The summed E-state index contributed by atoms with van der Waals surface area (Å²) >= 11 is 0. The lowest BCUT2D eigenvalue weighted by Gasteiger charge is -2.40. The molecule has 8 heteroatoms. The van der Waals surface area contributed by atoms with Gasteiger partial charge in [0.05, 0.1) is 20.8 Å². The van der Waals surface area contributed by atoms with Crippen LogP contribution in [0.25, 0.3) is 0 Å². The highest BCUT2D eigenvalue weighted by molar-refractivity contribution is 5.96. The average Bonchev–Trinajstić information content (AvgIpc) is 3.08. The molecule has 0 amide bonds. The minimum atomic E-state index is -2.06. The van der Waals surface area contributed by atoms with E-state index in [1.807, 2.05) is 0 Å². The lowest BCUT2D eigenvalue weighted by atomic mass is 9.76. The van der Waals surface area contributed by atoms with Crippen molar-refractivity contribution in [1.29, 1.82) is 0 Å². The van der Waals surface area contributed by atoms with Gasteiger partial charge < -0.3 is 23.7 Å². The van der Waals surface area contributed by atoms with Crippen LogP contribution in [0.15, 0.2) is 0 Å². The Balaban J connectivity index is 2.87. The second-order valence-corrected chi connectivity index (χ2v) is 8.11. The molecule has 1 aliphatic heterocycles. The van der Waals surface area contributed by atoms with Gasteiger partial charge in [-0.1, -0.05) is 64.7 Å². The highest BCUT2D eigenvalue weighted by atomic mass is 16.7. The van der Waals surface area contributed by atoms with Gasteiger partial charge in [0.25, 0.3) is 5.60 Å². The van der Waals surface area contributed by atoms with Crippen molar-refractivity contribution in [2.24, 2.45) is 0 Å². The van der Waals surface area contributed by atoms with E-state index < -0.39 is 35.2 Å². The van der Waals surface area contributed by atoms with E-state index in [0.29, 0.717) is 6.42 Å². The lowest BCUT2D eigenvalue weighted by molar-refractivity contribution is -0.220. The molecular weight excluding hydrogens is 404 g/mol. The second-order valence-electron chi connectivity index (χ2n) is 8.11. The van der Waals surface area contributed by atoms with Crippen LogP contribution in [0.5, 0.6) is 0 Å². The smallest absolute Gasteiger partial charge is 0.357 e. The monoisotopic (exact) mass is 444 g/mol. The van der Waals surface area contributed by atoms with Crippen molar-refractivity contribution in [1.82, 2.24) is 0 Å². The van der Waals surface area contributed by atoms with Crippen molar-refractivity contribution >= 4 is 17.9 Å². The summed E-state index contributed by atoms with van der Waals surface area (Å²) < 4.78 is 26.6. The maximum Gasteiger partial charge on any atom is 0.357 e. The Morgan fingerprint density at radius 3 is 1.81 bits per heavy atom. The summed E-state index contributed by atoms with van der Waals surface area (Å²) in [4.78, 5) is 37.7. The average molecular weight is 445 g/mol. The molecule has 0 aromatic rings. The van der Waals surface area contributed by atoms with Gasteiger partial charge in [-0.05, 0) is 12.8 Å². The fourth-order valence-electron chi connectivity index (χ4n) is 4.40. The Morgan fingerprint density at radius 2 is 1.35 bits per heavy atom. The van der Waals surface area contributed by atoms with Crippen LogP contribution in [0.4, 0.5) is 0 Å². The third kappa shape index (κ3) is 6.42. The van der Waals surface area contributed by atoms with E-state index in [9.17, 15) is 14.4 Å². The van der Waals surface area contributed by atoms with E-state index in [4.69, 9.17) is 23.7 Å². The number of rotatable bonds is 15. The predicted molar refractivity (Wildman–Crippen MR) is 114 cm³/mol. The third-order valence-electron chi connectivity index (χ3n) is 6.01. The predicted octanol–water partition coefficient (Wildman–Crippen LogP) is 3.73. The third-order valence-corrected chi connectivity index (χ3v) is 6.01. The van der Waals surface area contributed by atoms with Gasteiger partial charge in [-0.2, -0.15) is 0 Å². The van der Waals surface area contributed by atoms with Gasteiger partial charge in [0.15, 0.2) is 0 Å². The molecule has 1 heterocycles. The topological polar surface area (TPSA) is 97.4 Å². The fourth-order valence-corrected chi connectivity index (χ4v) is 4.40. The zero-order valence-electron chi connectivity index (χ0n) is 19.8. The summed E-state index contributed by atoms with van der Waals surface area (Å²) in [5.74, 6) is -2.42. The van der Waals surface area contributed by atoms with Crippen molar-refractivity contribution in [3.8, 4) is 0 Å². The molecule has 0 N–H and O–H groups in total. The molecule has 0 saturated carbocycles. The Kier molecular flexibility index (Phi) is 12.1. The van der Waals surface area contributed by atoms with Gasteiger partial charge in [-0.25, -0.2) is 9.59 Å². The summed E-state index contributed by atoms with van der Waals surface area (Å²) in [5, 5.41) is 0. The van der Waals surface area contributed by atoms with Crippen LogP contribution < -0.4 is 0 Å². The number of unbranched alkanes of at least 4 members (excludes halogenated alkanes) is 9. The van der Waals surface area contributed by atoms with Crippen molar-refractivity contribution < 1.29 is 38.1 Å². The van der Waals surface area contributed by atoms with Crippen LogP contribution in [-0.4, -0.2) is 63.2 Å². The van der Waals surface area contributed by atoms with Crippen LogP contribution in [-0.2, 0) is 38.1 Å². The molecule has 0 radical (unpaired) electrons. The number of esters is 3. The molecule has 0 unspecified atom stereocenters. The van der Waals surface area contributed by atoms with Crippen molar-refractivity contribution in [2.45, 2.75) is 102 Å². The minimum Gasteiger partial charge on any atom is -0.467 e. The first-order valence-corrected chi connectivity index (χ1v) is 11.4. The molecule has 31 heavy (non-hydrogen) atoms. The van der Waals surface area contributed by atoms with Crippen molar-refractivity contribution in [3.63, 3.8) is 0 Å². The van der Waals surface area contributed by atoms with Gasteiger partial charge in [0.2, 0.25) is 5.60 Å². The fraction of sp³-hybridized carbons (Fsp3) is 0.870. The van der Waals surface area contributed by atoms with Crippen LogP contribution in [0.2, 0.25) is 0 Å². The second kappa shape index (κ2) is 13.7. The first-order valence-electron chi connectivity index (χ1n) is 11.4. The Morgan fingerprint density at radius 1 is 0.839 bits per heavy atom. The molecule has 180 valence electrons. The van der Waals surface area contributed by atoms with E-state index in [-0.39, 0.29) is 13.0 Å². The molecule has 0 aliphatic carbocycles. The molecule has 3 atom stereocenters. The van der Waals surface area contributed by atoms with Crippen LogP contribution in [0.1, 0.15) is 84.5 Å². The summed E-state index contributed by atoms with van der Waals surface area (Å²) in [6, 6.07) is 0. The minimum absolute atomic E-state index is 0.105. The molecule has 1 rings (SSSR count). The number of methoxy groups -OCH3 is 3. The Labute approximate surface area is 186 Å². The zero-order chi connectivity index (χ0) is 23.3. The number of carbonyl (C=O) groups is 3. The normalized spacial score (nSPS) is 25.3. The summed E-state index contributed by atoms with van der Waals surface area (Å²) in [6.07, 6.45) is 10.3. The quantitative estimate of drug-likeness (QED) is 0.214. The van der Waals surface area contributed by atoms with Crippen LogP contribution in [0.3, 0.4) is 0 Å². The van der Waals surface area contributed by atoms with E-state index in [1.54, 1.807) is 0 Å². The van der Waals surface area contributed by atoms with Crippen molar-refractivity contribution in [3.05, 3.63) is 0 Å².